The van der Waals surface area contributed by atoms with Crippen LogP contribution in [0.15, 0.2) is 40.8 Å². The third kappa shape index (κ3) is 4.58. The topological polar surface area (TPSA) is 67.2 Å². The zero-order chi connectivity index (χ0) is 24.2. The fourth-order valence-corrected chi connectivity index (χ4v) is 7.69. The van der Waals surface area contributed by atoms with Crippen molar-refractivity contribution in [2.24, 2.45) is 23.2 Å². The molecule has 2 aromatic carbocycles. The van der Waals surface area contributed by atoms with Gasteiger partial charge < -0.3 is 15.1 Å². The third-order valence-corrected chi connectivity index (χ3v) is 8.80. The number of benzene rings is 2. The predicted octanol–water partition coefficient (Wildman–Crippen LogP) is 7.13. The van der Waals surface area contributed by atoms with Crippen molar-refractivity contribution in [2.45, 2.75) is 58.3 Å². The first-order valence-corrected chi connectivity index (χ1v) is 13.5. The van der Waals surface area contributed by atoms with Crippen LogP contribution in [-0.4, -0.2) is 16.0 Å². The van der Waals surface area contributed by atoms with Crippen LogP contribution in [0.25, 0.3) is 22.6 Å². The smallest absolute Gasteiger partial charge is 0.228 e. The monoisotopic (exact) mass is 507 g/mol. The van der Waals surface area contributed by atoms with Crippen LogP contribution in [0.4, 0.5) is 5.69 Å². The molecule has 5 nitrogen and oxygen atoms in total. The van der Waals surface area contributed by atoms with Gasteiger partial charge in [-0.15, -0.1) is 0 Å². The van der Waals surface area contributed by atoms with Gasteiger partial charge in [0.1, 0.15) is 5.52 Å². The standard InChI is InChI=1S/C28H30ClN3O2S/c1-2-16-3-6-24-23(10-16)31-26(34-24)21-11-20(4-5-22(21)29)30-27(35)32-25(33)15-28-12-17-7-18(13-28)9-19(8-17)14-28/h3-6,10-11,17-19H,2,7-9,12-15H2,1H3,(H2,30,32,33,35). The van der Waals surface area contributed by atoms with E-state index in [0.717, 1.165) is 41.0 Å². The van der Waals surface area contributed by atoms with E-state index in [4.69, 9.17) is 28.2 Å². The van der Waals surface area contributed by atoms with Crippen LogP contribution in [0.5, 0.6) is 0 Å². The molecule has 1 heterocycles. The second kappa shape index (κ2) is 8.90. The van der Waals surface area contributed by atoms with E-state index in [-0.39, 0.29) is 11.3 Å². The number of carbonyl (C=O) groups excluding carboxylic acids is 1. The number of aryl methyl sites for hydroxylation is 1. The summed E-state index contributed by atoms with van der Waals surface area (Å²) in [4.78, 5) is 17.6. The first kappa shape index (κ1) is 23.0. The van der Waals surface area contributed by atoms with E-state index >= 15 is 0 Å². The van der Waals surface area contributed by atoms with Crippen LogP contribution in [0, 0.1) is 23.2 Å². The molecule has 2 N–H and O–H groups in total. The van der Waals surface area contributed by atoms with Crippen molar-refractivity contribution in [1.82, 2.24) is 10.3 Å². The van der Waals surface area contributed by atoms with Crippen LogP contribution in [-0.2, 0) is 11.2 Å². The molecule has 0 spiro atoms. The highest BCUT2D eigenvalue weighted by Gasteiger charge is 2.51. The van der Waals surface area contributed by atoms with E-state index in [9.17, 15) is 4.79 Å². The van der Waals surface area contributed by atoms with Gasteiger partial charge in [-0.2, -0.15) is 0 Å². The van der Waals surface area contributed by atoms with Gasteiger partial charge in [-0.1, -0.05) is 24.6 Å². The first-order valence-electron chi connectivity index (χ1n) is 12.7. The van der Waals surface area contributed by atoms with Gasteiger partial charge >= 0.3 is 0 Å². The summed E-state index contributed by atoms with van der Waals surface area (Å²) in [5.41, 5.74) is 4.32. The molecule has 7 rings (SSSR count). The van der Waals surface area contributed by atoms with Crippen LogP contribution < -0.4 is 10.6 Å². The Morgan fingerprint density at radius 2 is 1.83 bits per heavy atom. The Hall–Kier alpha value is -2.44. The molecule has 1 amide bonds. The number of amides is 1. The number of halogens is 1. The molecule has 4 bridgehead atoms. The van der Waals surface area contributed by atoms with Crippen LogP contribution in [0.3, 0.4) is 0 Å². The van der Waals surface area contributed by atoms with Gasteiger partial charge in [0.25, 0.3) is 0 Å². The van der Waals surface area contributed by atoms with Gasteiger partial charge in [0, 0.05) is 12.1 Å². The average Bonchev–Trinajstić information content (AvgIpc) is 3.22. The van der Waals surface area contributed by atoms with Crippen molar-refractivity contribution in [1.29, 1.82) is 0 Å². The summed E-state index contributed by atoms with van der Waals surface area (Å²) in [6, 6.07) is 11.5. The molecule has 3 aromatic rings. The van der Waals surface area contributed by atoms with Crippen molar-refractivity contribution < 1.29 is 9.21 Å². The second-order valence-electron chi connectivity index (χ2n) is 11.0. The van der Waals surface area contributed by atoms with Crippen molar-refractivity contribution in [2.75, 3.05) is 5.32 Å². The summed E-state index contributed by atoms with van der Waals surface area (Å²) >= 11 is 12.0. The van der Waals surface area contributed by atoms with E-state index in [2.05, 4.69) is 22.5 Å². The summed E-state index contributed by atoms with van der Waals surface area (Å²) in [6.45, 7) is 2.11. The number of aromatic nitrogens is 1. The predicted molar refractivity (Wildman–Crippen MR) is 143 cm³/mol. The fraction of sp³-hybridized carbons (Fsp3) is 0.464. The molecule has 0 saturated heterocycles. The SMILES string of the molecule is CCc1ccc2oc(-c3cc(NC(=S)NC(=O)CC45CC6CC(CC(C6)C4)C5)ccc3Cl)nc2c1. The lowest BCUT2D eigenvalue weighted by Crippen LogP contribution is -2.48. The lowest BCUT2D eigenvalue weighted by molar-refractivity contribution is -0.127. The summed E-state index contributed by atoms with van der Waals surface area (Å²) in [6.07, 6.45) is 9.25. The molecule has 0 atom stereocenters. The van der Waals surface area contributed by atoms with Gasteiger partial charge in [0.15, 0.2) is 10.7 Å². The maximum atomic E-state index is 12.9. The summed E-state index contributed by atoms with van der Waals surface area (Å²) in [7, 11) is 0. The van der Waals surface area contributed by atoms with Gasteiger partial charge in [0.05, 0.1) is 10.6 Å². The summed E-state index contributed by atoms with van der Waals surface area (Å²) in [5.74, 6) is 2.95. The summed E-state index contributed by atoms with van der Waals surface area (Å²) in [5, 5.41) is 6.90. The van der Waals surface area contributed by atoms with Crippen LogP contribution in [0.1, 0.15) is 57.4 Å². The molecule has 0 unspecified atom stereocenters. The molecule has 1 aromatic heterocycles. The highest BCUT2D eigenvalue weighted by Crippen LogP contribution is 2.61. The molecule has 182 valence electrons. The molecule has 35 heavy (non-hydrogen) atoms. The normalized spacial score (nSPS) is 26.7. The minimum atomic E-state index is 0.0179. The Kier molecular flexibility index (Phi) is 5.84. The Bertz CT molecular complexity index is 1280. The number of hydrogen-bond donors (Lipinski definition) is 2. The van der Waals surface area contributed by atoms with Crippen molar-refractivity contribution >= 4 is 51.6 Å². The molecule has 4 fully saturated rings. The van der Waals surface area contributed by atoms with Gasteiger partial charge in [0.2, 0.25) is 11.8 Å². The van der Waals surface area contributed by atoms with Gasteiger partial charge in [-0.3, -0.25) is 4.79 Å². The highest BCUT2D eigenvalue weighted by molar-refractivity contribution is 7.80. The highest BCUT2D eigenvalue weighted by atomic mass is 35.5. The number of thiocarbonyl (C=S) groups is 1. The number of fused-ring (bicyclic) bond motifs is 1. The van der Waals surface area contributed by atoms with E-state index in [1.165, 1.54) is 44.1 Å². The molecule has 4 saturated carbocycles. The molecule has 0 radical (unpaired) electrons. The van der Waals surface area contributed by atoms with Crippen molar-refractivity contribution in [3.05, 3.63) is 47.0 Å². The van der Waals surface area contributed by atoms with Crippen molar-refractivity contribution in [3.63, 3.8) is 0 Å². The minimum Gasteiger partial charge on any atom is -0.436 e. The maximum absolute atomic E-state index is 12.9. The van der Waals surface area contributed by atoms with E-state index in [1.54, 1.807) is 6.07 Å². The largest absolute Gasteiger partial charge is 0.436 e. The third-order valence-electron chi connectivity index (χ3n) is 8.27. The zero-order valence-corrected chi connectivity index (χ0v) is 21.5. The summed E-state index contributed by atoms with van der Waals surface area (Å²) < 4.78 is 5.97. The molecule has 0 aliphatic heterocycles. The molecule has 4 aliphatic rings. The molecule has 4 aliphatic carbocycles. The van der Waals surface area contributed by atoms with E-state index in [0.29, 0.717) is 28.0 Å². The van der Waals surface area contributed by atoms with Crippen LogP contribution >= 0.6 is 23.8 Å². The minimum absolute atomic E-state index is 0.0179. The van der Waals surface area contributed by atoms with E-state index in [1.807, 2.05) is 30.3 Å². The molecular formula is C28H30ClN3O2S. The number of rotatable bonds is 5. The van der Waals surface area contributed by atoms with E-state index < -0.39 is 0 Å². The van der Waals surface area contributed by atoms with Crippen molar-refractivity contribution in [3.8, 4) is 11.5 Å². The zero-order valence-electron chi connectivity index (χ0n) is 19.9. The number of nitrogens with zero attached hydrogens (tertiary/aromatic N) is 1. The Morgan fingerprint density at radius 3 is 2.51 bits per heavy atom. The lowest BCUT2D eigenvalue weighted by Gasteiger charge is -2.56. The number of oxazole rings is 1. The maximum Gasteiger partial charge on any atom is 0.228 e. The first-order chi connectivity index (χ1) is 16.9. The fourth-order valence-electron chi connectivity index (χ4n) is 7.26. The lowest BCUT2D eigenvalue weighted by atomic mass is 9.49. The Morgan fingerprint density at radius 1 is 1.11 bits per heavy atom. The molecule has 7 heteroatoms. The Balaban J connectivity index is 1.13. The quantitative estimate of drug-likeness (QED) is 0.359. The number of nitrogens with one attached hydrogen (secondary N) is 2. The number of anilines is 1. The van der Waals surface area contributed by atoms with Crippen LogP contribution in [0.2, 0.25) is 5.02 Å². The average molecular weight is 508 g/mol. The van der Waals surface area contributed by atoms with Gasteiger partial charge in [-0.05, 0) is 116 Å². The number of carbonyl (C=O) groups is 1. The Labute approximate surface area is 216 Å². The second-order valence-corrected chi connectivity index (χ2v) is 11.8. The number of hydrogen-bond acceptors (Lipinski definition) is 4. The van der Waals surface area contributed by atoms with Gasteiger partial charge in [-0.25, -0.2) is 4.98 Å². The molecular weight excluding hydrogens is 478 g/mol.